The number of hydrogen-bond donors (Lipinski definition) is 0. The summed E-state index contributed by atoms with van der Waals surface area (Å²) in [4.78, 5) is 37.6. The van der Waals surface area contributed by atoms with E-state index in [4.69, 9.17) is 14.2 Å². The number of carbonyl (C=O) groups is 3. The lowest BCUT2D eigenvalue weighted by atomic mass is 10.1. The molecule has 6 heteroatoms. The molecule has 0 rings (SSSR count). The fraction of sp³-hybridized carbons (Fsp3) is 0.771. The summed E-state index contributed by atoms with van der Waals surface area (Å²) >= 11 is 0. The number of carbonyl (C=O) groups excluding carboxylic acids is 3. The van der Waals surface area contributed by atoms with Gasteiger partial charge in [0, 0.05) is 12.8 Å². The van der Waals surface area contributed by atoms with E-state index in [1.54, 1.807) is 6.08 Å². The van der Waals surface area contributed by atoms with E-state index in [1.165, 1.54) is 116 Å². The van der Waals surface area contributed by atoms with E-state index < -0.39 is 12.1 Å². The summed E-state index contributed by atoms with van der Waals surface area (Å²) in [7, 11) is 0. The van der Waals surface area contributed by atoms with Gasteiger partial charge in [0.2, 0.25) is 0 Å². The monoisotopic (exact) mass is 757 g/mol. The third-order valence-electron chi connectivity index (χ3n) is 9.60. The first-order chi connectivity index (χ1) is 26.5. The van der Waals surface area contributed by atoms with Crippen LogP contribution in [0.4, 0.5) is 0 Å². The first-order valence-electron chi connectivity index (χ1n) is 22.6. The molecule has 312 valence electrons. The van der Waals surface area contributed by atoms with Crippen molar-refractivity contribution in [2.45, 2.75) is 226 Å². The number of rotatable bonds is 40. The standard InChI is InChI=1S/C48H84O6/c1-4-7-10-13-16-19-21-22-23-24-25-27-29-32-35-38-41-47(50)53-44-45(43-52-46(49)40-37-34-31-28-18-15-12-9-6-3)54-48(51)42-39-36-33-30-26-20-17-14-11-8-5-2/h9,12,18,23-24,28,34,37,45H,4-8,10-11,13-17,19-22,25-27,29-33,35-36,38-44H2,1-3H3/b12-9-,24-23-,28-18-,37-34-. The molecule has 0 heterocycles. The molecule has 0 N–H and O–H groups in total. The minimum Gasteiger partial charge on any atom is -0.462 e. The zero-order valence-corrected chi connectivity index (χ0v) is 35.5. The normalized spacial score (nSPS) is 12.4. The maximum Gasteiger partial charge on any atom is 0.309 e. The van der Waals surface area contributed by atoms with Gasteiger partial charge < -0.3 is 14.2 Å². The molecule has 1 atom stereocenters. The zero-order valence-electron chi connectivity index (χ0n) is 35.5. The Labute approximate surface area is 333 Å². The second-order valence-electron chi connectivity index (χ2n) is 14.9. The van der Waals surface area contributed by atoms with Crippen LogP contribution >= 0.6 is 0 Å². The van der Waals surface area contributed by atoms with Gasteiger partial charge in [0.15, 0.2) is 6.10 Å². The lowest BCUT2D eigenvalue weighted by Crippen LogP contribution is -2.30. The van der Waals surface area contributed by atoms with E-state index in [0.29, 0.717) is 12.8 Å². The van der Waals surface area contributed by atoms with Crippen LogP contribution in [0.2, 0.25) is 0 Å². The molecule has 6 nitrogen and oxygen atoms in total. The second-order valence-corrected chi connectivity index (χ2v) is 14.9. The summed E-state index contributed by atoms with van der Waals surface area (Å²) in [6, 6.07) is 0. The highest BCUT2D eigenvalue weighted by Crippen LogP contribution is 2.14. The van der Waals surface area contributed by atoms with Crippen molar-refractivity contribution in [3.8, 4) is 0 Å². The van der Waals surface area contributed by atoms with Crippen LogP contribution in [0.25, 0.3) is 0 Å². The predicted molar refractivity (Wildman–Crippen MR) is 229 cm³/mol. The molecular weight excluding hydrogens is 673 g/mol. The van der Waals surface area contributed by atoms with E-state index in [-0.39, 0.29) is 31.6 Å². The quantitative estimate of drug-likeness (QED) is 0.0268. The van der Waals surface area contributed by atoms with Gasteiger partial charge in [-0.2, -0.15) is 0 Å². The van der Waals surface area contributed by atoms with Crippen LogP contribution in [0.5, 0.6) is 0 Å². The Kier molecular flexibility index (Phi) is 41.0. The van der Waals surface area contributed by atoms with Crippen molar-refractivity contribution in [2.24, 2.45) is 0 Å². The van der Waals surface area contributed by atoms with Gasteiger partial charge in [-0.15, -0.1) is 0 Å². The van der Waals surface area contributed by atoms with Crippen LogP contribution in [0, 0.1) is 0 Å². The molecule has 0 aliphatic carbocycles. The van der Waals surface area contributed by atoms with Crippen LogP contribution in [-0.2, 0) is 28.6 Å². The minimum absolute atomic E-state index is 0.103. The zero-order chi connectivity index (χ0) is 39.4. The van der Waals surface area contributed by atoms with Gasteiger partial charge >= 0.3 is 17.9 Å². The number of allylic oxidation sites excluding steroid dienone is 7. The molecule has 0 saturated carbocycles. The Morgan fingerprint density at radius 3 is 1.28 bits per heavy atom. The maximum atomic E-state index is 12.7. The van der Waals surface area contributed by atoms with Crippen LogP contribution in [0.15, 0.2) is 48.6 Å². The van der Waals surface area contributed by atoms with E-state index in [9.17, 15) is 14.4 Å². The van der Waals surface area contributed by atoms with E-state index in [2.05, 4.69) is 57.2 Å². The summed E-state index contributed by atoms with van der Waals surface area (Å²) in [5, 5.41) is 0. The molecule has 0 amide bonds. The summed E-state index contributed by atoms with van der Waals surface area (Å²) < 4.78 is 16.6. The van der Waals surface area contributed by atoms with Gasteiger partial charge in [0.25, 0.3) is 0 Å². The van der Waals surface area contributed by atoms with Crippen LogP contribution < -0.4 is 0 Å². The highest BCUT2D eigenvalue weighted by Gasteiger charge is 2.19. The van der Waals surface area contributed by atoms with Gasteiger partial charge in [0.05, 0.1) is 6.42 Å². The third kappa shape index (κ3) is 40.6. The molecular formula is C48H84O6. The van der Waals surface area contributed by atoms with Crippen molar-refractivity contribution in [1.82, 2.24) is 0 Å². The maximum absolute atomic E-state index is 12.7. The topological polar surface area (TPSA) is 78.9 Å². The Morgan fingerprint density at radius 2 is 0.796 bits per heavy atom. The number of unbranched alkanes of at least 4 members (excludes halogenated alkanes) is 22. The minimum atomic E-state index is -0.806. The number of hydrogen-bond acceptors (Lipinski definition) is 6. The third-order valence-corrected chi connectivity index (χ3v) is 9.60. The van der Waals surface area contributed by atoms with Crippen LogP contribution in [0.1, 0.15) is 220 Å². The number of esters is 3. The summed E-state index contributed by atoms with van der Waals surface area (Å²) in [6.07, 6.45) is 49.9. The molecule has 1 unspecified atom stereocenters. The van der Waals surface area contributed by atoms with Gasteiger partial charge in [-0.3, -0.25) is 14.4 Å². The Morgan fingerprint density at radius 1 is 0.407 bits per heavy atom. The molecule has 54 heavy (non-hydrogen) atoms. The highest BCUT2D eigenvalue weighted by atomic mass is 16.6. The van der Waals surface area contributed by atoms with Gasteiger partial charge in [-0.1, -0.05) is 191 Å². The number of ether oxygens (including phenoxy) is 3. The fourth-order valence-corrected chi connectivity index (χ4v) is 6.20. The lowest BCUT2D eigenvalue weighted by Gasteiger charge is -2.18. The van der Waals surface area contributed by atoms with E-state index in [0.717, 1.165) is 64.2 Å². The Balaban J connectivity index is 4.39. The molecule has 0 aliphatic heterocycles. The van der Waals surface area contributed by atoms with Crippen molar-refractivity contribution in [3.63, 3.8) is 0 Å². The van der Waals surface area contributed by atoms with Crippen LogP contribution in [-0.4, -0.2) is 37.2 Å². The van der Waals surface area contributed by atoms with Gasteiger partial charge in [-0.25, -0.2) is 0 Å². The smallest absolute Gasteiger partial charge is 0.309 e. The predicted octanol–water partition coefficient (Wildman–Crippen LogP) is 14.4. The van der Waals surface area contributed by atoms with Gasteiger partial charge in [0.1, 0.15) is 13.2 Å². The summed E-state index contributed by atoms with van der Waals surface area (Å²) in [5.41, 5.74) is 0. The SMILES string of the molecule is CC/C=C\C/C=C\C/C=C\CC(=O)OCC(COC(=O)CCCCCCC/C=C\CCCCCCCCC)OC(=O)CCCCCCCCCCCCC. The van der Waals surface area contributed by atoms with Gasteiger partial charge in [-0.05, 0) is 57.8 Å². The summed E-state index contributed by atoms with van der Waals surface area (Å²) in [6.45, 7) is 6.40. The molecule has 0 aromatic rings. The Hall–Kier alpha value is -2.63. The van der Waals surface area contributed by atoms with Crippen molar-refractivity contribution in [1.29, 1.82) is 0 Å². The molecule has 0 radical (unpaired) electrons. The van der Waals surface area contributed by atoms with Crippen molar-refractivity contribution in [2.75, 3.05) is 13.2 Å². The Bertz CT molecular complexity index is 964. The average molecular weight is 757 g/mol. The molecule has 0 aromatic heterocycles. The molecule has 0 saturated heterocycles. The van der Waals surface area contributed by atoms with E-state index >= 15 is 0 Å². The molecule has 0 aromatic carbocycles. The molecule has 0 fully saturated rings. The average Bonchev–Trinajstić information content (AvgIpc) is 3.17. The largest absolute Gasteiger partial charge is 0.462 e. The summed E-state index contributed by atoms with van der Waals surface area (Å²) in [5.74, 6) is -1.04. The lowest BCUT2D eigenvalue weighted by molar-refractivity contribution is -0.166. The highest BCUT2D eigenvalue weighted by molar-refractivity contribution is 5.72. The molecule has 0 aliphatic rings. The first-order valence-corrected chi connectivity index (χ1v) is 22.6. The van der Waals surface area contributed by atoms with Crippen molar-refractivity contribution < 1.29 is 28.6 Å². The van der Waals surface area contributed by atoms with Crippen molar-refractivity contribution in [3.05, 3.63) is 48.6 Å². The molecule has 0 spiro atoms. The fourth-order valence-electron chi connectivity index (χ4n) is 6.20. The first kappa shape index (κ1) is 51.4. The van der Waals surface area contributed by atoms with E-state index in [1.807, 2.05) is 6.08 Å². The second kappa shape index (κ2) is 43.1. The molecule has 0 bridgehead atoms. The van der Waals surface area contributed by atoms with Crippen LogP contribution in [0.3, 0.4) is 0 Å². The van der Waals surface area contributed by atoms with Crippen molar-refractivity contribution >= 4 is 17.9 Å².